The molecule has 0 aromatic rings. The van der Waals surface area contributed by atoms with Crippen molar-refractivity contribution in [2.45, 2.75) is 18.8 Å². The normalized spacial score (nSPS) is 19.8. The smallest absolute Gasteiger partial charge is 0.306 e. The molecule has 0 unspecified atom stereocenters. The van der Waals surface area contributed by atoms with E-state index in [0.717, 1.165) is 0 Å². The van der Waals surface area contributed by atoms with Crippen molar-refractivity contribution in [1.82, 2.24) is 0 Å². The highest BCUT2D eigenvalue weighted by Gasteiger charge is 2.49. The lowest BCUT2D eigenvalue weighted by molar-refractivity contribution is 0.0508. The van der Waals surface area contributed by atoms with Gasteiger partial charge in [0.2, 0.25) is 0 Å². The highest BCUT2D eigenvalue weighted by atomic mass is 19.3. The SMILES string of the molecule is N=C(N)C(F)(F)C1CC1. The highest BCUT2D eigenvalue weighted by Crippen LogP contribution is 2.42. The summed E-state index contributed by atoms with van der Waals surface area (Å²) in [6, 6.07) is 0. The number of hydrogen-bond donors (Lipinski definition) is 2. The molecule has 0 aromatic carbocycles. The van der Waals surface area contributed by atoms with Gasteiger partial charge >= 0.3 is 5.92 Å². The first-order chi connectivity index (χ1) is 4.05. The summed E-state index contributed by atoms with van der Waals surface area (Å²) in [5.41, 5.74) is 4.64. The quantitative estimate of drug-likeness (QED) is 0.429. The second-order valence-corrected chi connectivity index (χ2v) is 2.31. The number of nitrogens with two attached hydrogens (primary N) is 1. The second kappa shape index (κ2) is 1.65. The molecule has 1 saturated carbocycles. The minimum Gasteiger partial charge on any atom is -0.383 e. The maximum Gasteiger partial charge on any atom is 0.306 e. The molecular formula is C5H8F2N2. The Bertz CT molecular complexity index is 140. The minimum absolute atomic E-state index is 0.507. The van der Waals surface area contributed by atoms with E-state index in [4.69, 9.17) is 5.41 Å². The second-order valence-electron chi connectivity index (χ2n) is 2.31. The summed E-state index contributed by atoms with van der Waals surface area (Å²) in [4.78, 5) is 0. The van der Waals surface area contributed by atoms with Crippen LogP contribution in [0.1, 0.15) is 12.8 Å². The van der Waals surface area contributed by atoms with Gasteiger partial charge in [-0.25, -0.2) is 0 Å². The fourth-order valence-corrected chi connectivity index (χ4v) is 0.666. The Balaban J connectivity index is 2.59. The maximum atomic E-state index is 12.4. The summed E-state index contributed by atoms with van der Waals surface area (Å²) in [5.74, 6) is -4.67. The Morgan fingerprint density at radius 1 is 1.56 bits per heavy atom. The van der Waals surface area contributed by atoms with Crippen LogP contribution in [-0.2, 0) is 0 Å². The lowest BCUT2D eigenvalue weighted by Gasteiger charge is -2.11. The molecule has 1 aliphatic rings. The molecule has 52 valence electrons. The molecule has 0 aromatic heterocycles. The molecule has 0 spiro atoms. The Morgan fingerprint density at radius 3 is 2.11 bits per heavy atom. The van der Waals surface area contributed by atoms with Gasteiger partial charge in [-0.2, -0.15) is 8.78 Å². The molecule has 0 radical (unpaired) electrons. The number of nitrogens with one attached hydrogen (secondary N) is 1. The van der Waals surface area contributed by atoms with Gasteiger partial charge in [-0.05, 0) is 12.8 Å². The summed E-state index contributed by atoms with van der Waals surface area (Å²) in [6.07, 6.45) is 1.01. The zero-order chi connectivity index (χ0) is 7.07. The van der Waals surface area contributed by atoms with Crippen molar-refractivity contribution >= 4 is 5.84 Å². The first-order valence-corrected chi connectivity index (χ1v) is 2.77. The Hall–Kier alpha value is -0.670. The zero-order valence-corrected chi connectivity index (χ0v) is 4.82. The summed E-state index contributed by atoms with van der Waals surface area (Å²) < 4.78 is 24.8. The van der Waals surface area contributed by atoms with Gasteiger partial charge in [0.15, 0.2) is 5.84 Å². The van der Waals surface area contributed by atoms with Gasteiger partial charge in [0.25, 0.3) is 0 Å². The van der Waals surface area contributed by atoms with Gasteiger partial charge in [-0.1, -0.05) is 0 Å². The van der Waals surface area contributed by atoms with Crippen LogP contribution in [0.3, 0.4) is 0 Å². The average Bonchev–Trinajstić information content (AvgIpc) is 2.42. The third-order valence-electron chi connectivity index (χ3n) is 1.45. The average molecular weight is 134 g/mol. The van der Waals surface area contributed by atoms with Gasteiger partial charge in [0, 0.05) is 5.92 Å². The van der Waals surface area contributed by atoms with Crippen molar-refractivity contribution < 1.29 is 8.78 Å². The Labute approximate surface area is 51.5 Å². The van der Waals surface area contributed by atoms with Crippen LogP contribution in [0.2, 0.25) is 0 Å². The number of halogens is 2. The van der Waals surface area contributed by atoms with Gasteiger partial charge in [-0.15, -0.1) is 0 Å². The van der Waals surface area contributed by atoms with Crippen LogP contribution in [0.25, 0.3) is 0 Å². The van der Waals surface area contributed by atoms with Crippen LogP contribution in [0.15, 0.2) is 0 Å². The van der Waals surface area contributed by atoms with E-state index < -0.39 is 17.7 Å². The third-order valence-corrected chi connectivity index (χ3v) is 1.45. The van der Waals surface area contributed by atoms with E-state index in [9.17, 15) is 8.78 Å². The molecule has 2 nitrogen and oxygen atoms in total. The van der Waals surface area contributed by atoms with Crippen molar-refractivity contribution in [2.75, 3.05) is 0 Å². The zero-order valence-electron chi connectivity index (χ0n) is 4.82. The van der Waals surface area contributed by atoms with E-state index in [1.54, 1.807) is 0 Å². The van der Waals surface area contributed by atoms with Gasteiger partial charge in [-0.3, -0.25) is 5.41 Å². The third kappa shape index (κ3) is 1.01. The molecule has 1 rings (SSSR count). The molecular weight excluding hydrogens is 126 g/mol. The molecule has 1 fully saturated rings. The van der Waals surface area contributed by atoms with Gasteiger partial charge < -0.3 is 5.73 Å². The molecule has 0 saturated heterocycles. The molecule has 0 bridgehead atoms. The van der Waals surface area contributed by atoms with Crippen LogP contribution < -0.4 is 5.73 Å². The van der Waals surface area contributed by atoms with Crippen LogP contribution in [0, 0.1) is 11.3 Å². The fourth-order valence-electron chi connectivity index (χ4n) is 0.666. The summed E-state index contributed by atoms with van der Waals surface area (Å²) in [6.45, 7) is 0. The van der Waals surface area contributed by atoms with Crippen molar-refractivity contribution in [1.29, 1.82) is 5.41 Å². The van der Waals surface area contributed by atoms with Gasteiger partial charge in [0.1, 0.15) is 0 Å². The minimum atomic E-state index is -3.03. The molecule has 1 aliphatic carbocycles. The molecule has 0 atom stereocenters. The predicted octanol–water partition coefficient (Wildman–Crippen LogP) is 0.968. The summed E-state index contributed by atoms with van der Waals surface area (Å²) in [5, 5.41) is 6.50. The monoisotopic (exact) mass is 134 g/mol. The van der Waals surface area contributed by atoms with Crippen molar-refractivity contribution in [3.8, 4) is 0 Å². The van der Waals surface area contributed by atoms with Crippen molar-refractivity contribution in [3.05, 3.63) is 0 Å². The largest absolute Gasteiger partial charge is 0.383 e. The van der Waals surface area contributed by atoms with Crippen LogP contribution in [-0.4, -0.2) is 11.8 Å². The molecule has 9 heavy (non-hydrogen) atoms. The molecule has 0 heterocycles. The van der Waals surface area contributed by atoms with Crippen molar-refractivity contribution in [2.24, 2.45) is 11.7 Å². The topological polar surface area (TPSA) is 49.9 Å². The highest BCUT2D eigenvalue weighted by molar-refractivity contribution is 5.85. The fraction of sp³-hybridized carbons (Fsp3) is 0.800. The first kappa shape index (κ1) is 6.45. The van der Waals surface area contributed by atoms with Crippen LogP contribution in [0.5, 0.6) is 0 Å². The van der Waals surface area contributed by atoms with Crippen molar-refractivity contribution in [3.63, 3.8) is 0 Å². The molecule has 0 amide bonds. The van der Waals surface area contributed by atoms with E-state index >= 15 is 0 Å². The molecule has 4 heteroatoms. The number of amidine groups is 1. The lowest BCUT2D eigenvalue weighted by Crippen LogP contribution is -2.36. The van der Waals surface area contributed by atoms with E-state index in [2.05, 4.69) is 5.73 Å². The Kier molecular flexibility index (Phi) is 1.18. The molecule has 0 aliphatic heterocycles. The number of rotatable bonds is 2. The maximum absolute atomic E-state index is 12.4. The van der Waals surface area contributed by atoms with E-state index in [-0.39, 0.29) is 0 Å². The lowest BCUT2D eigenvalue weighted by atomic mass is 10.2. The van der Waals surface area contributed by atoms with Crippen LogP contribution in [0.4, 0.5) is 8.78 Å². The summed E-state index contributed by atoms with van der Waals surface area (Å²) >= 11 is 0. The van der Waals surface area contributed by atoms with Crippen LogP contribution >= 0.6 is 0 Å². The molecule has 3 N–H and O–H groups in total. The standard InChI is InChI=1S/C5H8F2N2/c6-5(7,4(8)9)3-1-2-3/h3H,1-2H2,(H3,8,9). The Morgan fingerprint density at radius 2 is 2.00 bits per heavy atom. The van der Waals surface area contributed by atoms with E-state index in [1.165, 1.54) is 0 Å². The number of alkyl halides is 2. The van der Waals surface area contributed by atoms with E-state index in [1.807, 2.05) is 0 Å². The first-order valence-electron chi connectivity index (χ1n) is 2.77. The predicted molar refractivity (Wildman–Crippen MR) is 29.6 cm³/mol. The number of hydrogen-bond acceptors (Lipinski definition) is 1. The summed E-state index contributed by atoms with van der Waals surface area (Å²) in [7, 11) is 0. The van der Waals surface area contributed by atoms with E-state index in [0.29, 0.717) is 12.8 Å². The van der Waals surface area contributed by atoms with Gasteiger partial charge in [0.05, 0.1) is 0 Å².